The molecule has 0 heterocycles. The minimum absolute atomic E-state index is 0.156. The summed E-state index contributed by atoms with van der Waals surface area (Å²) in [4.78, 5) is 2.32. The zero-order valence-corrected chi connectivity index (χ0v) is 11.9. The van der Waals surface area contributed by atoms with Gasteiger partial charge >= 0.3 is 0 Å². The van der Waals surface area contributed by atoms with Gasteiger partial charge in [0.1, 0.15) is 0 Å². The molecule has 0 radical (unpaired) electrons. The largest absolute Gasteiger partial charge is 0.387 e. The van der Waals surface area contributed by atoms with E-state index in [4.69, 9.17) is 0 Å². The Morgan fingerprint density at radius 3 is 2.22 bits per heavy atom. The monoisotopic (exact) mass is 247 g/mol. The lowest BCUT2D eigenvalue weighted by molar-refractivity contribution is 0.0479. The predicted octanol–water partition coefficient (Wildman–Crippen LogP) is 3.15. The smallest absolute Gasteiger partial charge is 0.0942 e. The molecule has 2 nitrogen and oxygen atoms in total. The molecule has 100 valence electrons. The lowest BCUT2D eigenvalue weighted by Crippen LogP contribution is -2.41. The maximum absolute atomic E-state index is 10.5. The first-order valence-corrected chi connectivity index (χ1v) is 6.97. The van der Waals surface area contributed by atoms with Crippen molar-refractivity contribution in [3.63, 3.8) is 0 Å². The van der Waals surface area contributed by atoms with E-state index in [-0.39, 0.29) is 6.04 Å². The molecular weight excluding hydrogens is 222 g/mol. The molecular formula is C16H25NO. The zero-order valence-electron chi connectivity index (χ0n) is 11.9. The molecule has 0 aliphatic heterocycles. The summed E-state index contributed by atoms with van der Waals surface area (Å²) in [5.41, 5.74) is 2.25. The Hall–Kier alpha value is -0.860. The molecule has 2 heteroatoms. The van der Waals surface area contributed by atoms with Gasteiger partial charge in [-0.05, 0) is 52.1 Å². The lowest BCUT2D eigenvalue weighted by Gasteiger charge is -2.34. The fraction of sp³-hybridized carbons (Fsp3) is 0.625. The minimum atomic E-state index is -0.406. The minimum Gasteiger partial charge on any atom is -0.387 e. The molecule has 1 aliphatic carbocycles. The number of hydrogen-bond donors (Lipinski definition) is 1. The molecule has 3 atom stereocenters. The van der Waals surface area contributed by atoms with Gasteiger partial charge in [0.15, 0.2) is 0 Å². The third kappa shape index (κ3) is 2.93. The van der Waals surface area contributed by atoms with Crippen molar-refractivity contribution in [2.45, 2.75) is 51.8 Å². The SMILES string of the molecule is Cc1ccc(C(O)C(C)N(C)C(C)C2CC2)cc1. The van der Waals surface area contributed by atoms with Crippen molar-refractivity contribution in [3.8, 4) is 0 Å². The highest BCUT2D eigenvalue weighted by molar-refractivity contribution is 5.24. The van der Waals surface area contributed by atoms with E-state index in [0.717, 1.165) is 11.5 Å². The summed E-state index contributed by atoms with van der Waals surface area (Å²) in [7, 11) is 2.13. The van der Waals surface area contributed by atoms with E-state index in [1.807, 2.05) is 12.1 Å². The van der Waals surface area contributed by atoms with Crippen LogP contribution in [0.3, 0.4) is 0 Å². The lowest BCUT2D eigenvalue weighted by atomic mass is 10.00. The van der Waals surface area contributed by atoms with Crippen molar-refractivity contribution in [2.24, 2.45) is 5.92 Å². The van der Waals surface area contributed by atoms with Gasteiger partial charge in [-0.15, -0.1) is 0 Å². The first-order valence-electron chi connectivity index (χ1n) is 6.97. The number of rotatable bonds is 5. The molecule has 1 aromatic carbocycles. The Morgan fingerprint density at radius 1 is 1.17 bits per heavy atom. The van der Waals surface area contributed by atoms with Crippen LogP contribution >= 0.6 is 0 Å². The third-order valence-electron chi connectivity index (χ3n) is 4.46. The van der Waals surface area contributed by atoms with Crippen LogP contribution in [0.25, 0.3) is 0 Å². The summed E-state index contributed by atoms with van der Waals surface area (Å²) in [6, 6.07) is 8.92. The molecule has 1 fully saturated rings. The van der Waals surface area contributed by atoms with Gasteiger partial charge in [-0.1, -0.05) is 29.8 Å². The van der Waals surface area contributed by atoms with Crippen LogP contribution in [-0.4, -0.2) is 29.1 Å². The Morgan fingerprint density at radius 2 is 1.72 bits per heavy atom. The van der Waals surface area contributed by atoms with Gasteiger partial charge in [0, 0.05) is 12.1 Å². The van der Waals surface area contributed by atoms with E-state index in [0.29, 0.717) is 6.04 Å². The zero-order chi connectivity index (χ0) is 13.3. The van der Waals surface area contributed by atoms with Crippen LogP contribution in [-0.2, 0) is 0 Å². The predicted molar refractivity (Wildman–Crippen MR) is 75.5 cm³/mol. The molecule has 1 saturated carbocycles. The summed E-state index contributed by atoms with van der Waals surface area (Å²) in [6.45, 7) is 6.46. The second-order valence-corrected chi connectivity index (χ2v) is 5.84. The van der Waals surface area contributed by atoms with E-state index in [9.17, 15) is 5.11 Å². The molecule has 0 saturated heterocycles. The van der Waals surface area contributed by atoms with Crippen molar-refractivity contribution in [1.29, 1.82) is 0 Å². The van der Waals surface area contributed by atoms with E-state index in [2.05, 4.69) is 44.9 Å². The van der Waals surface area contributed by atoms with E-state index < -0.39 is 6.10 Å². The van der Waals surface area contributed by atoms with E-state index in [1.54, 1.807) is 0 Å². The van der Waals surface area contributed by atoms with Gasteiger partial charge in [-0.2, -0.15) is 0 Å². The van der Waals surface area contributed by atoms with Crippen LogP contribution in [0.5, 0.6) is 0 Å². The molecule has 0 amide bonds. The van der Waals surface area contributed by atoms with Crippen LogP contribution in [0.4, 0.5) is 0 Å². The molecule has 1 aliphatic rings. The van der Waals surface area contributed by atoms with Crippen LogP contribution in [0.2, 0.25) is 0 Å². The molecule has 18 heavy (non-hydrogen) atoms. The average Bonchev–Trinajstić information content (AvgIpc) is 3.20. The fourth-order valence-corrected chi connectivity index (χ4v) is 2.55. The Balaban J connectivity index is 2.02. The van der Waals surface area contributed by atoms with Crippen LogP contribution in [0, 0.1) is 12.8 Å². The highest BCUT2D eigenvalue weighted by atomic mass is 16.3. The first kappa shape index (κ1) is 13.6. The van der Waals surface area contributed by atoms with Gasteiger partial charge < -0.3 is 5.11 Å². The molecule has 2 rings (SSSR count). The van der Waals surface area contributed by atoms with E-state index >= 15 is 0 Å². The molecule has 0 aromatic heterocycles. The summed E-state index contributed by atoms with van der Waals surface area (Å²) in [5, 5.41) is 10.5. The van der Waals surface area contributed by atoms with Crippen molar-refractivity contribution in [3.05, 3.63) is 35.4 Å². The number of aliphatic hydroxyl groups excluding tert-OH is 1. The normalized spacial score (nSPS) is 20.8. The second kappa shape index (κ2) is 5.41. The summed E-state index contributed by atoms with van der Waals surface area (Å²) in [5.74, 6) is 0.836. The molecule has 1 aromatic rings. The van der Waals surface area contributed by atoms with Crippen molar-refractivity contribution in [1.82, 2.24) is 4.90 Å². The number of aryl methyl sites for hydroxylation is 1. The standard InChI is InChI=1S/C16H25NO/c1-11-5-7-15(8-6-11)16(18)13(3)17(4)12(2)14-9-10-14/h5-8,12-14,16,18H,9-10H2,1-4H3. The molecule has 1 N–H and O–H groups in total. The van der Waals surface area contributed by atoms with Gasteiger partial charge in [0.25, 0.3) is 0 Å². The average molecular weight is 247 g/mol. The third-order valence-corrected chi connectivity index (χ3v) is 4.46. The summed E-state index contributed by atoms with van der Waals surface area (Å²) < 4.78 is 0. The number of hydrogen-bond acceptors (Lipinski definition) is 2. The molecule has 3 unspecified atom stereocenters. The molecule has 0 bridgehead atoms. The van der Waals surface area contributed by atoms with Crippen LogP contribution < -0.4 is 0 Å². The van der Waals surface area contributed by atoms with Crippen molar-refractivity contribution in [2.75, 3.05) is 7.05 Å². The molecule has 0 spiro atoms. The van der Waals surface area contributed by atoms with Crippen LogP contribution in [0.15, 0.2) is 24.3 Å². The highest BCUT2D eigenvalue weighted by Crippen LogP contribution is 2.36. The number of nitrogens with zero attached hydrogens (tertiary/aromatic N) is 1. The summed E-state index contributed by atoms with van der Waals surface area (Å²) in [6.07, 6.45) is 2.29. The summed E-state index contributed by atoms with van der Waals surface area (Å²) >= 11 is 0. The van der Waals surface area contributed by atoms with Gasteiger partial charge in [-0.3, -0.25) is 4.90 Å². The van der Waals surface area contributed by atoms with E-state index in [1.165, 1.54) is 18.4 Å². The Labute approximate surface area is 111 Å². The van der Waals surface area contributed by atoms with Crippen LogP contribution in [0.1, 0.15) is 43.9 Å². The van der Waals surface area contributed by atoms with Crippen molar-refractivity contribution >= 4 is 0 Å². The highest BCUT2D eigenvalue weighted by Gasteiger charge is 2.34. The van der Waals surface area contributed by atoms with Crippen molar-refractivity contribution < 1.29 is 5.11 Å². The number of likely N-dealkylation sites (N-methyl/N-ethyl adjacent to an activating group) is 1. The Kier molecular flexibility index (Phi) is 4.08. The number of benzene rings is 1. The maximum Gasteiger partial charge on any atom is 0.0942 e. The second-order valence-electron chi connectivity index (χ2n) is 5.84. The topological polar surface area (TPSA) is 23.5 Å². The number of aliphatic hydroxyl groups is 1. The fourth-order valence-electron chi connectivity index (χ4n) is 2.55. The Bertz CT molecular complexity index is 383. The first-order chi connectivity index (χ1) is 8.50. The van der Waals surface area contributed by atoms with Gasteiger partial charge in [0.05, 0.1) is 6.10 Å². The van der Waals surface area contributed by atoms with Gasteiger partial charge in [0.2, 0.25) is 0 Å². The quantitative estimate of drug-likeness (QED) is 0.864. The maximum atomic E-state index is 10.5. The van der Waals surface area contributed by atoms with Gasteiger partial charge in [-0.25, -0.2) is 0 Å².